The first kappa shape index (κ1) is 13.2. The van der Waals surface area contributed by atoms with Crippen LogP contribution in [0.5, 0.6) is 11.5 Å². The number of hydrogen-bond donors (Lipinski definition) is 1. The predicted molar refractivity (Wildman–Crippen MR) is 75.9 cm³/mol. The summed E-state index contributed by atoms with van der Waals surface area (Å²) in [7, 11) is 3.25. The average Bonchev–Trinajstić information content (AvgIpc) is 2.92. The normalized spacial score (nSPS) is 9.74. The number of thiophene rings is 1. The second kappa shape index (κ2) is 6.12. The summed E-state index contributed by atoms with van der Waals surface area (Å²) in [6.07, 6.45) is 0. The standard InChI is InChI=1S/C14H14N2O2S/c1-17-10-3-6-13(14(7-10)18-2)16-9-12-5-4-11(8-15)19-12/h3-7,16H,9H2,1-2H3. The number of nitriles is 1. The lowest BCUT2D eigenvalue weighted by molar-refractivity contribution is 0.395. The third kappa shape index (κ3) is 3.18. The second-order valence-electron chi connectivity index (χ2n) is 3.80. The summed E-state index contributed by atoms with van der Waals surface area (Å²) in [5.41, 5.74) is 0.898. The van der Waals surface area contributed by atoms with Crippen LogP contribution in [0.15, 0.2) is 30.3 Å². The molecular formula is C14H14N2O2S. The van der Waals surface area contributed by atoms with Gasteiger partial charge in [-0.05, 0) is 24.3 Å². The van der Waals surface area contributed by atoms with E-state index >= 15 is 0 Å². The van der Waals surface area contributed by atoms with Crippen molar-refractivity contribution in [3.05, 3.63) is 40.1 Å². The highest BCUT2D eigenvalue weighted by Gasteiger charge is 2.05. The van der Waals surface area contributed by atoms with Gasteiger partial charge in [0.05, 0.1) is 19.9 Å². The highest BCUT2D eigenvalue weighted by molar-refractivity contribution is 7.12. The highest BCUT2D eigenvalue weighted by Crippen LogP contribution is 2.29. The molecule has 0 bridgehead atoms. The van der Waals surface area contributed by atoms with Gasteiger partial charge in [-0.1, -0.05) is 0 Å². The Bertz CT molecular complexity index is 602. The molecule has 0 saturated heterocycles. The third-order valence-corrected chi connectivity index (χ3v) is 3.62. The summed E-state index contributed by atoms with van der Waals surface area (Å²) < 4.78 is 10.5. The average molecular weight is 274 g/mol. The molecule has 1 aromatic carbocycles. The van der Waals surface area contributed by atoms with E-state index in [0.29, 0.717) is 6.54 Å². The lowest BCUT2D eigenvalue weighted by Gasteiger charge is -2.11. The fourth-order valence-electron chi connectivity index (χ4n) is 1.66. The minimum atomic E-state index is 0.662. The molecule has 0 amide bonds. The van der Waals surface area contributed by atoms with Crippen molar-refractivity contribution < 1.29 is 9.47 Å². The summed E-state index contributed by atoms with van der Waals surface area (Å²) in [6, 6.07) is 11.5. The molecule has 5 heteroatoms. The molecular weight excluding hydrogens is 260 g/mol. The molecule has 4 nitrogen and oxygen atoms in total. The quantitative estimate of drug-likeness (QED) is 0.909. The number of anilines is 1. The number of nitrogens with zero attached hydrogens (tertiary/aromatic N) is 1. The highest BCUT2D eigenvalue weighted by atomic mass is 32.1. The van der Waals surface area contributed by atoms with Crippen molar-refractivity contribution in [3.8, 4) is 17.6 Å². The smallest absolute Gasteiger partial charge is 0.145 e. The largest absolute Gasteiger partial charge is 0.497 e. The van der Waals surface area contributed by atoms with Gasteiger partial charge in [0.1, 0.15) is 22.4 Å². The molecule has 0 aliphatic carbocycles. The van der Waals surface area contributed by atoms with E-state index in [1.807, 2.05) is 30.3 Å². The summed E-state index contributed by atoms with van der Waals surface area (Å²) in [4.78, 5) is 1.83. The topological polar surface area (TPSA) is 54.3 Å². The summed E-state index contributed by atoms with van der Waals surface area (Å²) in [5.74, 6) is 1.49. The van der Waals surface area contributed by atoms with Crippen LogP contribution in [0.1, 0.15) is 9.75 Å². The minimum Gasteiger partial charge on any atom is -0.497 e. The van der Waals surface area contributed by atoms with E-state index in [9.17, 15) is 0 Å². The van der Waals surface area contributed by atoms with Gasteiger partial charge in [-0.3, -0.25) is 0 Å². The molecule has 0 spiro atoms. The maximum absolute atomic E-state index is 8.78. The van der Waals surface area contributed by atoms with Gasteiger partial charge in [0.25, 0.3) is 0 Å². The van der Waals surface area contributed by atoms with E-state index in [-0.39, 0.29) is 0 Å². The first-order valence-electron chi connectivity index (χ1n) is 5.71. The molecule has 0 atom stereocenters. The van der Waals surface area contributed by atoms with Crippen LogP contribution >= 0.6 is 11.3 Å². The van der Waals surface area contributed by atoms with Crippen molar-refractivity contribution in [2.45, 2.75) is 6.54 Å². The first-order valence-corrected chi connectivity index (χ1v) is 6.53. The summed E-state index contributed by atoms with van der Waals surface area (Å²) in [6.45, 7) is 0.662. The number of methoxy groups -OCH3 is 2. The Morgan fingerprint density at radius 2 is 2.05 bits per heavy atom. The Morgan fingerprint density at radius 3 is 2.68 bits per heavy atom. The zero-order chi connectivity index (χ0) is 13.7. The van der Waals surface area contributed by atoms with Gasteiger partial charge in [-0.15, -0.1) is 11.3 Å². The van der Waals surface area contributed by atoms with E-state index in [4.69, 9.17) is 14.7 Å². The molecule has 0 aliphatic heterocycles. The van der Waals surface area contributed by atoms with Gasteiger partial charge < -0.3 is 14.8 Å². The van der Waals surface area contributed by atoms with Crippen LogP contribution in [0.3, 0.4) is 0 Å². The van der Waals surface area contributed by atoms with Gasteiger partial charge in [-0.2, -0.15) is 5.26 Å². The van der Waals surface area contributed by atoms with Gasteiger partial charge in [0.2, 0.25) is 0 Å². The van der Waals surface area contributed by atoms with Crippen molar-refractivity contribution in [2.24, 2.45) is 0 Å². The molecule has 0 aliphatic rings. The van der Waals surface area contributed by atoms with Crippen molar-refractivity contribution in [1.29, 1.82) is 5.26 Å². The van der Waals surface area contributed by atoms with Gasteiger partial charge in [0.15, 0.2) is 0 Å². The van der Waals surface area contributed by atoms with E-state index < -0.39 is 0 Å². The number of benzene rings is 1. The van der Waals surface area contributed by atoms with E-state index in [0.717, 1.165) is 26.9 Å². The Morgan fingerprint density at radius 1 is 1.21 bits per heavy atom. The maximum atomic E-state index is 8.78. The zero-order valence-corrected chi connectivity index (χ0v) is 11.6. The Balaban J connectivity index is 2.08. The first-order chi connectivity index (χ1) is 9.26. The molecule has 0 unspecified atom stereocenters. The van der Waals surface area contributed by atoms with E-state index in [2.05, 4.69) is 11.4 Å². The molecule has 98 valence electrons. The minimum absolute atomic E-state index is 0.662. The number of ether oxygens (including phenoxy) is 2. The van der Waals surface area contributed by atoms with Crippen LogP contribution in [-0.2, 0) is 6.54 Å². The number of hydrogen-bond acceptors (Lipinski definition) is 5. The van der Waals surface area contributed by atoms with Crippen molar-refractivity contribution in [1.82, 2.24) is 0 Å². The fourth-order valence-corrected chi connectivity index (χ4v) is 2.40. The van der Waals surface area contributed by atoms with Crippen LogP contribution in [0, 0.1) is 11.3 Å². The lowest BCUT2D eigenvalue weighted by Crippen LogP contribution is -2.00. The van der Waals surface area contributed by atoms with Crippen LogP contribution in [0.4, 0.5) is 5.69 Å². The Labute approximate surface area is 116 Å². The van der Waals surface area contributed by atoms with Crippen molar-refractivity contribution in [2.75, 3.05) is 19.5 Å². The third-order valence-electron chi connectivity index (χ3n) is 2.63. The van der Waals surface area contributed by atoms with Crippen LogP contribution in [-0.4, -0.2) is 14.2 Å². The van der Waals surface area contributed by atoms with Crippen molar-refractivity contribution in [3.63, 3.8) is 0 Å². The van der Waals surface area contributed by atoms with Crippen LogP contribution < -0.4 is 14.8 Å². The Kier molecular flexibility index (Phi) is 4.26. The molecule has 0 radical (unpaired) electrons. The van der Waals surface area contributed by atoms with Gasteiger partial charge >= 0.3 is 0 Å². The molecule has 1 heterocycles. The van der Waals surface area contributed by atoms with Crippen molar-refractivity contribution >= 4 is 17.0 Å². The second-order valence-corrected chi connectivity index (χ2v) is 4.97. The predicted octanol–water partition coefficient (Wildman–Crippen LogP) is 3.25. The van der Waals surface area contributed by atoms with E-state index in [1.54, 1.807) is 14.2 Å². The molecule has 0 fully saturated rings. The maximum Gasteiger partial charge on any atom is 0.145 e. The lowest BCUT2D eigenvalue weighted by atomic mass is 10.2. The summed E-state index contributed by atoms with van der Waals surface area (Å²) in [5, 5.41) is 12.1. The van der Waals surface area contributed by atoms with Gasteiger partial charge in [-0.25, -0.2) is 0 Å². The number of nitrogens with one attached hydrogen (secondary N) is 1. The number of rotatable bonds is 5. The van der Waals surface area contributed by atoms with Crippen LogP contribution in [0.25, 0.3) is 0 Å². The molecule has 0 saturated carbocycles. The zero-order valence-electron chi connectivity index (χ0n) is 10.8. The molecule has 1 N–H and O–H groups in total. The Hall–Kier alpha value is -2.19. The molecule has 1 aromatic heterocycles. The summed E-state index contributed by atoms with van der Waals surface area (Å²) >= 11 is 1.48. The molecule has 19 heavy (non-hydrogen) atoms. The SMILES string of the molecule is COc1ccc(NCc2ccc(C#N)s2)c(OC)c1. The van der Waals surface area contributed by atoms with E-state index in [1.165, 1.54) is 11.3 Å². The molecule has 2 aromatic rings. The van der Waals surface area contributed by atoms with Gasteiger partial charge in [0, 0.05) is 17.5 Å². The fraction of sp³-hybridized carbons (Fsp3) is 0.214. The molecule has 2 rings (SSSR count). The van der Waals surface area contributed by atoms with Crippen LogP contribution in [0.2, 0.25) is 0 Å². The monoisotopic (exact) mass is 274 g/mol.